The molecule has 3 aromatic rings. The predicted molar refractivity (Wildman–Crippen MR) is 109 cm³/mol. The lowest BCUT2D eigenvalue weighted by molar-refractivity contribution is -0.147. The molecule has 1 amide bonds. The Hall–Kier alpha value is -2.89. The van der Waals surface area contributed by atoms with Crippen LogP contribution in [0.2, 0.25) is 10.0 Å². The Balaban J connectivity index is 1.69. The van der Waals surface area contributed by atoms with Gasteiger partial charge in [-0.3, -0.25) is 9.59 Å². The molecule has 7 heteroatoms. The smallest absolute Gasteiger partial charge is 0.318 e. The SMILES string of the molecule is O=C(COC(=O)C(c1ccccc1)c1ccccc1)Nc1ncc(Cl)cc1Cl. The Morgan fingerprint density at radius 3 is 2.07 bits per heavy atom. The van der Waals surface area contributed by atoms with E-state index in [1.165, 1.54) is 12.3 Å². The van der Waals surface area contributed by atoms with E-state index in [0.717, 1.165) is 11.1 Å². The maximum absolute atomic E-state index is 12.8. The molecule has 5 nitrogen and oxygen atoms in total. The van der Waals surface area contributed by atoms with Gasteiger partial charge in [-0.05, 0) is 17.2 Å². The fraction of sp³-hybridized carbons (Fsp3) is 0.0952. The molecular formula is C21H16Cl2N2O3. The lowest BCUT2D eigenvalue weighted by Crippen LogP contribution is -2.25. The van der Waals surface area contributed by atoms with E-state index in [4.69, 9.17) is 27.9 Å². The fourth-order valence-corrected chi connectivity index (χ4v) is 3.08. The van der Waals surface area contributed by atoms with E-state index in [2.05, 4.69) is 10.3 Å². The van der Waals surface area contributed by atoms with Crippen LogP contribution in [0.15, 0.2) is 72.9 Å². The van der Waals surface area contributed by atoms with Gasteiger partial charge in [0.25, 0.3) is 5.91 Å². The Labute approximate surface area is 172 Å². The number of aromatic nitrogens is 1. The first-order valence-corrected chi connectivity index (χ1v) is 9.17. The standard InChI is InChI=1S/C21H16Cl2N2O3/c22-16-11-17(23)20(24-12-16)25-18(26)13-28-21(27)19(14-7-3-1-4-8-14)15-9-5-2-6-10-15/h1-12,19H,13H2,(H,24,25,26). The van der Waals surface area contributed by atoms with Crippen LogP contribution in [0.25, 0.3) is 0 Å². The summed E-state index contributed by atoms with van der Waals surface area (Å²) >= 11 is 11.8. The number of rotatable bonds is 6. The normalized spacial score (nSPS) is 10.5. The number of nitrogens with zero attached hydrogens (tertiary/aromatic N) is 1. The third kappa shape index (κ3) is 5.09. The van der Waals surface area contributed by atoms with E-state index >= 15 is 0 Å². The number of nitrogens with one attached hydrogen (secondary N) is 1. The van der Waals surface area contributed by atoms with Gasteiger partial charge in [0.05, 0.1) is 10.0 Å². The maximum Gasteiger partial charge on any atom is 0.318 e. The molecule has 0 aliphatic carbocycles. The van der Waals surface area contributed by atoms with Crippen LogP contribution in [0.5, 0.6) is 0 Å². The first-order valence-electron chi connectivity index (χ1n) is 8.42. The molecule has 3 rings (SSSR count). The number of benzene rings is 2. The number of anilines is 1. The number of ether oxygens (including phenoxy) is 1. The van der Waals surface area contributed by atoms with E-state index < -0.39 is 24.4 Å². The summed E-state index contributed by atoms with van der Waals surface area (Å²) in [4.78, 5) is 28.8. The zero-order chi connectivity index (χ0) is 19.9. The number of esters is 1. The number of amides is 1. The molecule has 2 aromatic carbocycles. The van der Waals surface area contributed by atoms with Gasteiger partial charge in [-0.1, -0.05) is 83.9 Å². The molecule has 0 fully saturated rings. The van der Waals surface area contributed by atoms with Gasteiger partial charge in [0.2, 0.25) is 0 Å². The molecule has 0 atom stereocenters. The van der Waals surface area contributed by atoms with Crippen molar-refractivity contribution in [1.29, 1.82) is 0 Å². The maximum atomic E-state index is 12.8. The highest BCUT2D eigenvalue weighted by molar-refractivity contribution is 6.36. The van der Waals surface area contributed by atoms with Gasteiger partial charge in [-0.15, -0.1) is 0 Å². The summed E-state index contributed by atoms with van der Waals surface area (Å²) in [5.41, 5.74) is 1.56. The van der Waals surface area contributed by atoms with E-state index in [-0.39, 0.29) is 10.8 Å². The largest absolute Gasteiger partial charge is 0.455 e. The first-order chi connectivity index (χ1) is 13.5. The van der Waals surface area contributed by atoms with Gasteiger partial charge >= 0.3 is 5.97 Å². The molecule has 0 aliphatic rings. The van der Waals surface area contributed by atoms with E-state index in [0.29, 0.717) is 5.02 Å². The number of hydrogen-bond donors (Lipinski definition) is 1. The van der Waals surface area contributed by atoms with Crippen molar-refractivity contribution in [3.8, 4) is 0 Å². The van der Waals surface area contributed by atoms with Gasteiger partial charge in [0.1, 0.15) is 5.92 Å². The zero-order valence-corrected chi connectivity index (χ0v) is 16.2. The average molecular weight is 415 g/mol. The topological polar surface area (TPSA) is 68.3 Å². The Bertz CT molecular complexity index is 926. The van der Waals surface area contributed by atoms with Crippen LogP contribution in [0.1, 0.15) is 17.0 Å². The van der Waals surface area contributed by atoms with Crippen LogP contribution >= 0.6 is 23.2 Å². The van der Waals surface area contributed by atoms with Gasteiger partial charge in [0, 0.05) is 6.20 Å². The monoisotopic (exact) mass is 414 g/mol. The molecule has 0 aliphatic heterocycles. The van der Waals surface area contributed by atoms with Crippen molar-refractivity contribution in [3.63, 3.8) is 0 Å². The van der Waals surface area contributed by atoms with Crippen LogP contribution in [-0.4, -0.2) is 23.5 Å². The van der Waals surface area contributed by atoms with Crippen molar-refractivity contribution < 1.29 is 14.3 Å². The molecule has 142 valence electrons. The van der Waals surface area contributed by atoms with Gasteiger partial charge in [0.15, 0.2) is 12.4 Å². The number of pyridine rings is 1. The zero-order valence-electron chi connectivity index (χ0n) is 14.6. The molecule has 1 heterocycles. The van der Waals surface area contributed by atoms with Crippen molar-refractivity contribution in [2.75, 3.05) is 11.9 Å². The van der Waals surface area contributed by atoms with E-state index in [1.807, 2.05) is 60.7 Å². The summed E-state index contributed by atoms with van der Waals surface area (Å²) in [5, 5.41) is 3.04. The predicted octanol–water partition coefficient (Wildman–Crippen LogP) is 4.70. The second-order valence-electron chi connectivity index (χ2n) is 5.89. The Morgan fingerprint density at radius 1 is 0.964 bits per heavy atom. The third-order valence-electron chi connectivity index (χ3n) is 3.91. The summed E-state index contributed by atoms with van der Waals surface area (Å²) in [6.07, 6.45) is 1.36. The average Bonchev–Trinajstić information content (AvgIpc) is 2.70. The van der Waals surface area contributed by atoms with Gasteiger partial charge in [-0.2, -0.15) is 0 Å². The highest BCUT2D eigenvalue weighted by Crippen LogP contribution is 2.26. The lowest BCUT2D eigenvalue weighted by Gasteiger charge is -2.17. The first kappa shape index (κ1) is 19.9. The minimum absolute atomic E-state index is 0.148. The molecule has 0 radical (unpaired) electrons. The lowest BCUT2D eigenvalue weighted by atomic mass is 9.91. The van der Waals surface area contributed by atoms with E-state index in [1.54, 1.807) is 0 Å². The molecule has 0 saturated carbocycles. The summed E-state index contributed by atoms with van der Waals surface area (Å²) in [7, 11) is 0. The highest BCUT2D eigenvalue weighted by Gasteiger charge is 2.25. The molecule has 0 bridgehead atoms. The van der Waals surface area contributed by atoms with Crippen LogP contribution in [0.4, 0.5) is 5.82 Å². The second-order valence-corrected chi connectivity index (χ2v) is 6.74. The quantitative estimate of drug-likeness (QED) is 0.593. The minimum Gasteiger partial charge on any atom is -0.455 e. The number of hydrogen-bond acceptors (Lipinski definition) is 4. The second kappa shape index (κ2) is 9.35. The molecule has 1 aromatic heterocycles. The Kier molecular flexibility index (Phi) is 6.63. The molecule has 1 N–H and O–H groups in total. The van der Waals surface area contributed by atoms with E-state index in [9.17, 15) is 9.59 Å². The van der Waals surface area contributed by atoms with Crippen LogP contribution in [0, 0.1) is 0 Å². The Morgan fingerprint density at radius 2 is 1.54 bits per heavy atom. The van der Waals surface area contributed by atoms with Crippen molar-refractivity contribution in [1.82, 2.24) is 4.98 Å². The van der Waals surface area contributed by atoms with Crippen LogP contribution in [0.3, 0.4) is 0 Å². The van der Waals surface area contributed by atoms with Crippen molar-refractivity contribution >= 4 is 40.9 Å². The number of halogens is 2. The van der Waals surface area contributed by atoms with Crippen molar-refractivity contribution in [3.05, 3.63) is 94.1 Å². The van der Waals surface area contributed by atoms with Gasteiger partial charge in [-0.25, -0.2) is 4.98 Å². The summed E-state index contributed by atoms with van der Waals surface area (Å²) in [5.74, 6) is -1.56. The highest BCUT2D eigenvalue weighted by atomic mass is 35.5. The summed E-state index contributed by atoms with van der Waals surface area (Å²) < 4.78 is 5.26. The summed E-state index contributed by atoms with van der Waals surface area (Å²) in [6, 6.07) is 20.0. The molecular weight excluding hydrogens is 399 g/mol. The molecule has 0 unspecified atom stereocenters. The molecule has 0 saturated heterocycles. The minimum atomic E-state index is -0.632. The van der Waals surface area contributed by atoms with Crippen LogP contribution < -0.4 is 5.32 Å². The van der Waals surface area contributed by atoms with Crippen molar-refractivity contribution in [2.24, 2.45) is 0 Å². The number of carbonyl (C=O) groups excluding carboxylic acids is 2. The van der Waals surface area contributed by atoms with Crippen molar-refractivity contribution in [2.45, 2.75) is 5.92 Å². The fourth-order valence-electron chi connectivity index (χ4n) is 2.65. The number of carbonyl (C=O) groups is 2. The molecule has 28 heavy (non-hydrogen) atoms. The van der Waals surface area contributed by atoms with Crippen LogP contribution in [-0.2, 0) is 14.3 Å². The summed E-state index contributed by atoms with van der Waals surface area (Å²) in [6.45, 7) is -0.463. The molecule has 0 spiro atoms. The van der Waals surface area contributed by atoms with Gasteiger partial charge < -0.3 is 10.1 Å². The third-order valence-corrected chi connectivity index (χ3v) is 4.41.